The van der Waals surface area contributed by atoms with Crippen LogP contribution >= 0.6 is 11.6 Å². The zero-order valence-electron chi connectivity index (χ0n) is 14.5. The maximum atomic E-state index is 13.1. The van der Waals surface area contributed by atoms with Crippen molar-refractivity contribution < 1.29 is 19.1 Å². The Balaban J connectivity index is 1.82. The van der Waals surface area contributed by atoms with Crippen LogP contribution in [0.5, 0.6) is 5.75 Å². The zero-order valence-corrected chi connectivity index (χ0v) is 15.2. The molecule has 0 aliphatic carbocycles. The SMILES string of the molecule is CC(=O)Nc1ccc(OC(=O)C2(c3ccc(Cl)cc3)CCOCC2)cc1. The highest BCUT2D eigenvalue weighted by Crippen LogP contribution is 2.37. The summed E-state index contributed by atoms with van der Waals surface area (Å²) in [6, 6.07) is 14.0. The molecule has 6 heteroatoms. The first kappa shape index (κ1) is 18.4. The minimum atomic E-state index is -0.751. The molecule has 1 fully saturated rings. The lowest BCUT2D eigenvalue weighted by Gasteiger charge is -2.35. The van der Waals surface area contributed by atoms with Gasteiger partial charge in [0.25, 0.3) is 0 Å². The number of hydrogen-bond donors (Lipinski definition) is 1. The molecule has 1 N–H and O–H groups in total. The van der Waals surface area contributed by atoms with Crippen molar-refractivity contribution >= 4 is 29.2 Å². The second-order valence-electron chi connectivity index (χ2n) is 6.30. The summed E-state index contributed by atoms with van der Waals surface area (Å²) >= 11 is 5.99. The molecule has 0 aromatic heterocycles. The van der Waals surface area contributed by atoms with E-state index in [0.717, 1.165) is 5.56 Å². The van der Waals surface area contributed by atoms with Gasteiger partial charge in [0.1, 0.15) is 5.75 Å². The molecule has 136 valence electrons. The van der Waals surface area contributed by atoms with Crippen LogP contribution in [-0.2, 0) is 19.7 Å². The van der Waals surface area contributed by atoms with Gasteiger partial charge in [-0.05, 0) is 54.8 Å². The van der Waals surface area contributed by atoms with Gasteiger partial charge in [0.2, 0.25) is 5.91 Å². The average molecular weight is 374 g/mol. The Morgan fingerprint density at radius 1 is 1.04 bits per heavy atom. The van der Waals surface area contributed by atoms with Gasteiger partial charge < -0.3 is 14.8 Å². The summed E-state index contributed by atoms with van der Waals surface area (Å²) in [6.45, 7) is 2.44. The van der Waals surface area contributed by atoms with E-state index < -0.39 is 5.41 Å². The first-order valence-electron chi connectivity index (χ1n) is 8.43. The molecule has 1 aliphatic heterocycles. The van der Waals surface area contributed by atoms with Crippen molar-refractivity contribution in [2.45, 2.75) is 25.2 Å². The van der Waals surface area contributed by atoms with Crippen LogP contribution in [0.4, 0.5) is 5.69 Å². The summed E-state index contributed by atoms with van der Waals surface area (Å²) in [5, 5.41) is 3.30. The van der Waals surface area contributed by atoms with Crippen LogP contribution in [0.1, 0.15) is 25.3 Å². The van der Waals surface area contributed by atoms with E-state index in [1.54, 1.807) is 36.4 Å². The maximum absolute atomic E-state index is 13.1. The van der Waals surface area contributed by atoms with E-state index in [9.17, 15) is 9.59 Å². The number of nitrogens with one attached hydrogen (secondary N) is 1. The Morgan fingerprint density at radius 3 is 2.23 bits per heavy atom. The standard InChI is InChI=1S/C20H20ClNO4/c1-14(23)22-17-6-8-18(9-7-17)26-19(24)20(10-12-25-13-11-20)15-2-4-16(21)5-3-15/h2-9H,10-13H2,1H3,(H,22,23). The van der Waals surface area contributed by atoms with E-state index in [0.29, 0.717) is 42.5 Å². The van der Waals surface area contributed by atoms with Crippen molar-refractivity contribution in [2.75, 3.05) is 18.5 Å². The number of esters is 1. The molecular formula is C20H20ClNO4. The number of amides is 1. The number of halogens is 1. The highest BCUT2D eigenvalue weighted by atomic mass is 35.5. The Kier molecular flexibility index (Phi) is 5.59. The summed E-state index contributed by atoms with van der Waals surface area (Å²) in [5.74, 6) is -0.0297. The quantitative estimate of drug-likeness (QED) is 0.651. The van der Waals surface area contributed by atoms with Gasteiger partial charge in [-0.2, -0.15) is 0 Å². The Labute approximate surface area is 157 Å². The minimum Gasteiger partial charge on any atom is -0.426 e. The van der Waals surface area contributed by atoms with Crippen LogP contribution in [0.2, 0.25) is 5.02 Å². The average Bonchev–Trinajstić information content (AvgIpc) is 2.64. The zero-order chi connectivity index (χ0) is 18.6. The summed E-state index contributed by atoms with van der Waals surface area (Å²) < 4.78 is 11.1. The van der Waals surface area contributed by atoms with Gasteiger partial charge in [-0.1, -0.05) is 23.7 Å². The van der Waals surface area contributed by atoms with Crippen molar-refractivity contribution in [1.82, 2.24) is 0 Å². The van der Waals surface area contributed by atoms with Gasteiger partial charge in [0.15, 0.2) is 0 Å². The first-order valence-corrected chi connectivity index (χ1v) is 8.81. The maximum Gasteiger partial charge on any atom is 0.322 e. The monoisotopic (exact) mass is 373 g/mol. The molecule has 2 aromatic carbocycles. The van der Waals surface area contributed by atoms with Crippen LogP contribution in [0.15, 0.2) is 48.5 Å². The topological polar surface area (TPSA) is 64.6 Å². The van der Waals surface area contributed by atoms with Crippen LogP contribution in [0.25, 0.3) is 0 Å². The fourth-order valence-electron chi connectivity index (χ4n) is 3.11. The van der Waals surface area contributed by atoms with E-state index in [-0.39, 0.29) is 11.9 Å². The second kappa shape index (κ2) is 7.89. The fourth-order valence-corrected chi connectivity index (χ4v) is 3.24. The second-order valence-corrected chi connectivity index (χ2v) is 6.73. The van der Waals surface area contributed by atoms with Gasteiger partial charge >= 0.3 is 5.97 Å². The molecule has 1 aliphatic rings. The van der Waals surface area contributed by atoms with Gasteiger partial charge in [-0.3, -0.25) is 9.59 Å². The fraction of sp³-hybridized carbons (Fsp3) is 0.300. The first-order chi connectivity index (χ1) is 12.5. The molecule has 0 spiro atoms. The Bertz CT molecular complexity index is 780. The van der Waals surface area contributed by atoms with E-state index in [1.165, 1.54) is 6.92 Å². The van der Waals surface area contributed by atoms with Crippen molar-refractivity contribution in [2.24, 2.45) is 0 Å². The number of carbonyl (C=O) groups excluding carboxylic acids is 2. The molecule has 5 nitrogen and oxygen atoms in total. The molecule has 1 heterocycles. The van der Waals surface area contributed by atoms with E-state index in [2.05, 4.69) is 5.32 Å². The third-order valence-electron chi connectivity index (χ3n) is 4.52. The summed E-state index contributed by atoms with van der Waals surface area (Å²) in [6.07, 6.45) is 1.11. The van der Waals surface area contributed by atoms with Crippen molar-refractivity contribution in [3.05, 3.63) is 59.1 Å². The molecule has 0 radical (unpaired) electrons. The predicted molar refractivity (Wildman–Crippen MR) is 99.6 cm³/mol. The molecule has 3 rings (SSSR count). The molecule has 2 aromatic rings. The highest BCUT2D eigenvalue weighted by Gasteiger charge is 2.43. The third kappa shape index (κ3) is 4.06. The number of carbonyl (C=O) groups is 2. The normalized spacial score (nSPS) is 15.9. The smallest absolute Gasteiger partial charge is 0.322 e. The minimum absolute atomic E-state index is 0.154. The summed E-state index contributed by atoms with van der Waals surface area (Å²) in [4.78, 5) is 24.1. The lowest BCUT2D eigenvalue weighted by molar-refractivity contribution is -0.145. The lowest BCUT2D eigenvalue weighted by Crippen LogP contribution is -2.44. The van der Waals surface area contributed by atoms with E-state index >= 15 is 0 Å². The summed E-state index contributed by atoms with van der Waals surface area (Å²) in [7, 11) is 0. The third-order valence-corrected chi connectivity index (χ3v) is 4.77. The number of anilines is 1. The molecule has 0 atom stereocenters. The van der Waals surface area contributed by atoms with Crippen LogP contribution < -0.4 is 10.1 Å². The molecule has 1 amide bonds. The van der Waals surface area contributed by atoms with Crippen LogP contribution in [0.3, 0.4) is 0 Å². The van der Waals surface area contributed by atoms with Gasteiger partial charge in [-0.15, -0.1) is 0 Å². The Morgan fingerprint density at radius 2 is 1.65 bits per heavy atom. The highest BCUT2D eigenvalue weighted by molar-refractivity contribution is 6.30. The summed E-state index contributed by atoms with van der Waals surface area (Å²) in [5.41, 5.74) is 0.778. The molecule has 26 heavy (non-hydrogen) atoms. The Hall–Kier alpha value is -2.37. The van der Waals surface area contributed by atoms with Gasteiger partial charge in [0.05, 0.1) is 5.41 Å². The molecule has 1 saturated heterocycles. The van der Waals surface area contributed by atoms with Crippen molar-refractivity contribution in [1.29, 1.82) is 0 Å². The van der Waals surface area contributed by atoms with Crippen LogP contribution in [0, 0.1) is 0 Å². The molecule has 0 unspecified atom stereocenters. The number of benzene rings is 2. The predicted octanol–water partition coefficient (Wildman–Crippen LogP) is 3.95. The van der Waals surface area contributed by atoms with Gasteiger partial charge in [0, 0.05) is 30.8 Å². The van der Waals surface area contributed by atoms with E-state index in [1.807, 2.05) is 12.1 Å². The number of ether oxygens (including phenoxy) is 2. The lowest BCUT2D eigenvalue weighted by atomic mass is 9.74. The largest absolute Gasteiger partial charge is 0.426 e. The van der Waals surface area contributed by atoms with Crippen molar-refractivity contribution in [3.63, 3.8) is 0 Å². The van der Waals surface area contributed by atoms with E-state index in [4.69, 9.17) is 21.1 Å². The molecule has 0 saturated carbocycles. The van der Waals surface area contributed by atoms with Gasteiger partial charge in [-0.25, -0.2) is 0 Å². The number of hydrogen-bond acceptors (Lipinski definition) is 4. The molecular weight excluding hydrogens is 354 g/mol. The van der Waals surface area contributed by atoms with Crippen molar-refractivity contribution in [3.8, 4) is 5.75 Å². The van der Waals surface area contributed by atoms with Crippen LogP contribution in [-0.4, -0.2) is 25.1 Å². The molecule has 0 bridgehead atoms. The number of rotatable bonds is 4.